The third kappa shape index (κ3) is 6.35. The van der Waals surface area contributed by atoms with Gasteiger partial charge >= 0.3 is 12.2 Å². The molecule has 1 fully saturated rings. The third-order valence-corrected chi connectivity index (χ3v) is 8.04. The Morgan fingerprint density at radius 2 is 1.80 bits per heavy atom. The fourth-order valence-corrected chi connectivity index (χ4v) is 5.51. The van der Waals surface area contributed by atoms with Gasteiger partial charge in [-0.05, 0) is 61.1 Å². The SMILES string of the molecule is Cc1ccc(C(C)C)cc1Oc1nccc(-c2c(-c3ccc(C(F)(F)F)cc3)ncn2C2CCN(Cc3cn[nH]n3)CC2)n1. The Balaban J connectivity index is 1.34. The molecule has 0 radical (unpaired) electrons. The summed E-state index contributed by atoms with van der Waals surface area (Å²) in [7, 11) is 0. The van der Waals surface area contributed by atoms with Crippen LogP contribution in [0.25, 0.3) is 22.6 Å². The molecular formula is C32H33F3N8O. The molecule has 1 aliphatic heterocycles. The van der Waals surface area contributed by atoms with Crippen molar-refractivity contribution in [2.75, 3.05) is 13.1 Å². The number of nitrogens with zero attached hydrogens (tertiary/aromatic N) is 7. The number of hydrogen-bond acceptors (Lipinski definition) is 7. The van der Waals surface area contributed by atoms with Crippen molar-refractivity contribution in [2.24, 2.45) is 0 Å². The lowest BCUT2D eigenvalue weighted by Gasteiger charge is -2.32. The van der Waals surface area contributed by atoms with E-state index in [1.807, 2.05) is 19.1 Å². The van der Waals surface area contributed by atoms with Crippen molar-refractivity contribution >= 4 is 0 Å². The first-order valence-corrected chi connectivity index (χ1v) is 14.6. The van der Waals surface area contributed by atoms with Crippen molar-refractivity contribution in [3.05, 3.63) is 89.6 Å². The van der Waals surface area contributed by atoms with Gasteiger partial charge in [0.25, 0.3) is 0 Å². The number of ether oxygens (including phenoxy) is 1. The topological polar surface area (TPSA) is 97.6 Å². The van der Waals surface area contributed by atoms with Crippen LogP contribution < -0.4 is 4.74 Å². The molecule has 2 aromatic carbocycles. The Bertz CT molecular complexity index is 1710. The van der Waals surface area contributed by atoms with Crippen LogP contribution in [0.4, 0.5) is 13.2 Å². The van der Waals surface area contributed by atoms with E-state index in [1.165, 1.54) is 12.1 Å². The standard InChI is InChI=1S/C32H33F3N8O/c1-20(2)23-5-4-21(3)28(16-23)44-31-36-13-10-27(39-31)30-29(22-6-8-24(9-7-22)32(33,34)35)37-19-43(30)26-11-14-42(15-12-26)18-25-17-38-41-40-25/h4-10,13,16-17,19-20,26H,11-12,14-15,18H2,1-3H3,(H,38,40,41). The molecule has 0 unspecified atom stereocenters. The smallest absolute Gasteiger partial charge is 0.416 e. The lowest BCUT2D eigenvalue weighted by atomic mass is 10.0. The van der Waals surface area contributed by atoms with Gasteiger partial charge in [-0.2, -0.15) is 33.6 Å². The largest absolute Gasteiger partial charge is 0.424 e. The number of piperidine rings is 1. The second-order valence-corrected chi connectivity index (χ2v) is 11.4. The van der Waals surface area contributed by atoms with Crippen LogP contribution >= 0.6 is 0 Å². The molecule has 1 aliphatic rings. The number of nitrogens with one attached hydrogen (secondary N) is 1. The minimum Gasteiger partial charge on any atom is -0.424 e. The van der Waals surface area contributed by atoms with Crippen LogP contribution in [0.5, 0.6) is 11.8 Å². The summed E-state index contributed by atoms with van der Waals surface area (Å²) in [5.74, 6) is 0.998. The van der Waals surface area contributed by atoms with Gasteiger partial charge in [0.15, 0.2) is 0 Å². The summed E-state index contributed by atoms with van der Waals surface area (Å²) >= 11 is 0. The van der Waals surface area contributed by atoms with Gasteiger partial charge in [0, 0.05) is 37.4 Å². The summed E-state index contributed by atoms with van der Waals surface area (Å²) in [6.45, 7) is 8.60. The fourth-order valence-electron chi connectivity index (χ4n) is 5.51. The molecule has 0 amide bonds. The van der Waals surface area contributed by atoms with E-state index < -0.39 is 11.7 Å². The minimum absolute atomic E-state index is 0.110. The third-order valence-electron chi connectivity index (χ3n) is 8.04. The molecule has 3 aromatic heterocycles. The molecule has 1 N–H and O–H groups in total. The van der Waals surface area contributed by atoms with Crippen LogP contribution in [-0.4, -0.2) is 52.9 Å². The monoisotopic (exact) mass is 602 g/mol. The van der Waals surface area contributed by atoms with Crippen molar-refractivity contribution < 1.29 is 17.9 Å². The molecule has 12 heteroatoms. The molecule has 228 valence electrons. The molecule has 0 bridgehead atoms. The average Bonchev–Trinajstić information content (AvgIpc) is 3.69. The zero-order valence-corrected chi connectivity index (χ0v) is 24.7. The van der Waals surface area contributed by atoms with E-state index in [2.05, 4.69) is 49.8 Å². The summed E-state index contributed by atoms with van der Waals surface area (Å²) in [6, 6.07) is 13.2. The average molecular weight is 603 g/mol. The zero-order chi connectivity index (χ0) is 30.8. The number of H-pyrrole nitrogens is 1. The number of rotatable bonds is 8. The summed E-state index contributed by atoms with van der Waals surface area (Å²) in [5.41, 5.74) is 4.67. The number of hydrogen-bond donors (Lipinski definition) is 1. The van der Waals surface area contributed by atoms with Gasteiger partial charge in [-0.25, -0.2) is 9.97 Å². The maximum absolute atomic E-state index is 13.3. The predicted octanol–water partition coefficient (Wildman–Crippen LogP) is 7.21. The van der Waals surface area contributed by atoms with Crippen molar-refractivity contribution in [3.8, 4) is 34.4 Å². The summed E-state index contributed by atoms with van der Waals surface area (Å²) in [6.07, 6.45) is 2.40. The van der Waals surface area contributed by atoms with E-state index in [9.17, 15) is 13.2 Å². The zero-order valence-electron chi connectivity index (χ0n) is 24.7. The fraction of sp³-hybridized carbons (Fsp3) is 0.344. The highest BCUT2D eigenvalue weighted by Gasteiger charge is 2.31. The van der Waals surface area contributed by atoms with E-state index in [4.69, 9.17) is 14.7 Å². The first-order valence-electron chi connectivity index (χ1n) is 14.6. The van der Waals surface area contributed by atoms with Crippen molar-refractivity contribution in [3.63, 3.8) is 0 Å². The molecule has 9 nitrogen and oxygen atoms in total. The predicted molar refractivity (Wildman–Crippen MR) is 159 cm³/mol. The lowest BCUT2D eigenvalue weighted by molar-refractivity contribution is -0.137. The number of benzene rings is 2. The van der Waals surface area contributed by atoms with Crippen LogP contribution in [0, 0.1) is 6.92 Å². The Morgan fingerprint density at radius 1 is 1.02 bits per heavy atom. The molecule has 0 aliphatic carbocycles. The highest BCUT2D eigenvalue weighted by atomic mass is 19.4. The number of likely N-dealkylation sites (tertiary alicyclic amines) is 1. The number of aryl methyl sites for hydroxylation is 1. The number of alkyl halides is 3. The van der Waals surface area contributed by atoms with Gasteiger partial charge in [-0.1, -0.05) is 38.1 Å². The van der Waals surface area contributed by atoms with Crippen LogP contribution in [0.15, 0.2) is 67.3 Å². The van der Waals surface area contributed by atoms with Gasteiger partial charge in [0.05, 0.1) is 40.9 Å². The van der Waals surface area contributed by atoms with Gasteiger partial charge < -0.3 is 9.30 Å². The number of halogens is 3. The Morgan fingerprint density at radius 3 is 2.48 bits per heavy atom. The number of imidazole rings is 1. The molecule has 6 rings (SSSR count). The molecule has 44 heavy (non-hydrogen) atoms. The molecule has 5 aromatic rings. The van der Waals surface area contributed by atoms with Crippen LogP contribution in [-0.2, 0) is 12.7 Å². The Hall–Kier alpha value is -4.58. The second-order valence-electron chi connectivity index (χ2n) is 11.4. The van der Waals surface area contributed by atoms with E-state index in [0.29, 0.717) is 40.9 Å². The number of aromatic nitrogens is 7. The van der Waals surface area contributed by atoms with E-state index >= 15 is 0 Å². The number of aromatic amines is 1. The molecule has 4 heterocycles. The quantitative estimate of drug-likeness (QED) is 0.201. The highest BCUT2D eigenvalue weighted by molar-refractivity contribution is 5.77. The summed E-state index contributed by atoms with van der Waals surface area (Å²) in [4.78, 5) is 16.2. The van der Waals surface area contributed by atoms with Gasteiger partial charge in [0.1, 0.15) is 5.75 Å². The first kappa shape index (κ1) is 29.5. The van der Waals surface area contributed by atoms with Crippen molar-refractivity contribution in [2.45, 2.75) is 58.3 Å². The molecule has 1 saturated heterocycles. The van der Waals surface area contributed by atoms with Gasteiger partial charge in [-0.3, -0.25) is 4.90 Å². The maximum Gasteiger partial charge on any atom is 0.416 e. The van der Waals surface area contributed by atoms with E-state index in [0.717, 1.165) is 54.9 Å². The molecule has 0 atom stereocenters. The highest BCUT2D eigenvalue weighted by Crippen LogP contribution is 2.38. The van der Waals surface area contributed by atoms with Gasteiger partial charge in [0.2, 0.25) is 0 Å². The lowest BCUT2D eigenvalue weighted by Crippen LogP contribution is -2.34. The molecule has 0 spiro atoms. The van der Waals surface area contributed by atoms with Crippen molar-refractivity contribution in [1.29, 1.82) is 0 Å². The first-order chi connectivity index (χ1) is 21.2. The molecule has 0 saturated carbocycles. The van der Waals surface area contributed by atoms with Crippen LogP contribution in [0.2, 0.25) is 0 Å². The van der Waals surface area contributed by atoms with E-state index in [1.54, 1.807) is 24.8 Å². The van der Waals surface area contributed by atoms with Crippen molar-refractivity contribution in [1.82, 2.24) is 39.8 Å². The van der Waals surface area contributed by atoms with Crippen LogP contribution in [0.3, 0.4) is 0 Å². The normalized spacial score (nSPS) is 14.8. The van der Waals surface area contributed by atoms with Crippen LogP contribution in [0.1, 0.15) is 61.0 Å². The minimum atomic E-state index is -4.43. The second kappa shape index (κ2) is 12.2. The summed E-state index contributed by atoms with van der Waals surface area (Å²) < 4.78 is 48.2. The Kier molecular flexibility index (Phi) is 8.17. The molecular weight excluding hydrogens is 569 g/mol. The maximum atomic E-state index is 13.3. The van der Waals surface area contributed by atoms with E-state index in [-0.39, 0.29) is 12.1 Å². The summed E-state index contributed by atoms with van der Waals surface area (Å²) in [5, 5.41) is 10.7. The van der Waals surface area contributed by atoms with Gasteiger partial charge in [-0.15, -0.1) is 0 Å². The Labute approximate surface area is 253 Å².